The van der Waals surface area contributed by atoms with Gasteiger partial charge in [0.05, 0.1) is 35.5 Å². The van der Waals surface area contributed by atoms with Crippen molar-refractivity contribution in [2.75, 3.05) is 51.1 Å². The number of rotatable bonds is 13. The van der Waals surface area contributed by atoms with Gasteiger partial charge in [0.1, 0.15) is 22.8 Å². The molecule has 13 heteroatoms. The maximum absolute atomic E-state index is 16.7. The van der Waals surface area contributed by atoms with Gasteiger partial charge in [-0.05, 0) is 64.1 Å². The molecule has 2 fully saturated rings. The summed E-state index contributed by atoms with van der Waals surface area (Å²) < 4.78 is 86.3. The minimum absolute atomic E-state index is 0.0262. The van der Waals surface area contributed by atoms with Crippen LogP contribution in [0.3, 0.4) is 0 Å². The molecule has 3 aromatic rings. The number of hydrogen-bond donors (Lipinski definition) is 2. The zero-order valence-corrected chi connectivity index (χ0v) is 35.4. The van der Waals surface area contributed by atoms with Gasteiger partial charge in [-0.2, -0.15) is 23.1 Å². The number of anilines is 2. The molecule has 0 radical (unpaired) electrons. The van der Waals surface area contributed by atoms with Crippen molar-refractivity contribution < 1.29 is 31.4 Å². The highest BCUT2D eigenvalue weighted by Crippen LogP contribution is 2.48. The van der Waals surface area contributed by atoms with Crippen LogP contribution in [0.5, 0.6) is 6.01 Å². The van der Waals surface area contributed by atoms with Gasteiger partial charge in [0, 0.05) is 43.1 Å². The predicted molar refractivity (Wildman–Crippen MR) is 216 cm³/mol. The molecule has 2 atom stereocenters. The van der Waals surface area contributed by atoms with Crippen LogP contribution in [0.25, 0.3) is 22.2 Å². The second-order valence-electron chi connectivity index (χ2n) is 15.1. The molecule has 1 aliphatic heterocycles. The van der Waals surface area contributed by atoms with Crippen molar-refractivity contribution in [1.82, 2.24) is 20.3 Å². The van der Waals surface area contributed by atoms with E-state index in [9.17, 15) is 17.6 Å². The Morgan fingerprint density at radius 2 is 1.67 bits per heavy atom. The number of aromatic nitrogens is 3. The highest BCUT2D eigenvalue weighted by molar-refractivity contribution is 5.95. The number of alkyl halides is 3. The van der Waals surface area contributed by atoms with Crippen LogP contribution < -0.4 is 20.7 Å². The van der Waals surface area contributed by atoms with Gasteiger partial charge in [0.25, 0.3) is 0 Å². The first-order valence-corrected chi connectivity index (χ1v) is 20.1. The number of nitrogens with two attached hydrogens (primary N) is 1. The van der Waals surface area contributed by atoms with Crippen molar-refractivity contribution in [3.05, 3.63) is 34.5 Å². The van der Waals surface area contributed by atoms with Gasteiger partial charge in [-0.25, -0.2) is 13.8 Å². The molecule has 2 unspecified atom stereocenters. The third-order valence-corrected chi connectivity index (χ3v) is 9.77. The molecule has 8 nitrogen and oxygen atoms in total. The van der Waals surface area contributed by atoms with Gasteiger partial charge >= 0.3 is 12.2 Å². The van der Waals surface area contributed by atoms with Gasteiger partial charge in [-0.3, -0.25) is 0 Å². The number of nitrogen functional groups attached to an aromatic ring is 1. The standard InChI is InChI=1S/C32H41F5N6O2.C5H12.C3H8.C2H6/c1-6-7-10-31(11-12-44-15-31)16-45-30-41-28-22(29(42-30)43(5)14-17(2)39-4)26(19-8-9-19)40-27(25(28)34)20-13-21(38)24(33)18(3)23(20)32(35,36)37;1-4-5(2)3;1-3-2;1-2/h13,17,19,39H,6-12,14-16,38H2,1-5H3;5H,4H2,1-3H3;3H2,1-2H3;1-2H3. The molecule has 5 rings (SSSR count). The lowest BCUT2D eigenvalue weighted by Gasteiger charge is -2.28. The smallest absolute Gasteiger partial charge is 0.417 e. The third kappa shape index (κ3) is 12.6. The second kappa shape index (κ2) is 21.8. The summed E-state index contributed by atoms with van der Waals surface area (Å²) in [6.07, 6.45) is 2.66. The molecule has 3 N–H and O–H groups in total. The van der Waals surface area contributed by atoms with E-state index in [2.05, 4.69) is 56.8 Å². The minimum atomic E-state index is -5.00. The van der Waals surface area contributed by atoms with Crippen molar-refractivity contribution >= 4 is 22.4 Å². The lowest BCUT2D eigenvalue weighted by Crippen LogP contribution is -2.36. The Balaban J connectivity index is 0.000000940. The van der Waals surface area contributed by atoms with Crippen LogP contribution in [0.4, 0.5) is 33.5 Å². The quantitative estimate of drug-likeness (QED) is 0.131. The van der Waals surface area contributed by atoms with E-state index in [1.165, 1.54) is 12.8 Å². The first-order chi connectivity index (χ1) is 26.0. The van der Waals surface area contributed by atoms with Gasteiger partial charge < -0.3 is 25.4 Å². The summed E-state index contributed by atoms with van der Waals surface area (Å²) in [5.74, 6) is -1.16. The number of halogens is 5. The Labute approximate surface area is 326 Å². The fraction of sp³-hybridized carbons (Fsp3) is 0.690. The number of ether oxygens (including phenoxy) is 2. The maximum atomic E-state index is 16.7. The third-order valence-electron chi connectivity index (χ3n) is 9.77. The number of nitrogens with one attached hydrogen (secondary N) is 1. The van der Waals surface area contributed by atoms with E-state index in [0.717, 1.165) is 57.4 Å². The molecule has 1 saturated carbocycles. The molecular formula is C42H67F5N6O2. The highest BCUT2D eigenvalue weighted by atomic mass is 19.4. The monoisotopic (exact) mass is 783 g/mol. The number of hydrogen-bond acceptors (Lipinski definition) is 8. The molecule has 1 aromatic carbocycles. The van der Waals surface area contributed by atoms with Crippen LogP contribution in [0.2, 0.25) is 0 Å². The zero-order valence-electron chi connectivity index (χ0n) is 35.4. The van der Waals surface area contributed by atoms with Crippen LogP contribution in [-0.4, -0.2) is 61.5 Å². The SMILES string of the molecule is CC.CCC.CCC(C)C.CCCCC1(COc2nc(N(C)CC(C)NC)c3c(C4CC4)nc(-c4cc(N)c(F)c(C)c4C(F)(F)F)c(F)c3n2)CCOC1. The fourth-order valence-corrected chi connectivity index (χ4v) is 6.09. The molecule has 0 bridgehead atoms. The normalized spacial score (nSPS) is 17.1. The zero-order chi connectivity index (χ0) is 41.7. The number of likely N-dealkylation sites (N-methyl/N-ethyl adjacent to an activating group) is 2. The maximum Gasteiger partial charge on any atom is 0.417 e. The van der Waals surface area contributed by atoms with E-state index in [1.54, 1.807) is 7.05 Å². The van der Waals surface area contributed by atoms with E-state index in [0.29, 0.717) is 36.7 Å². The summed E-state index contributed by atoms with van der Waals surface area (Å²) in [5, 5.41) is 3.49. The molecule has 2 aromatic heterocycles. The minimum Gasteiger partial charge on any atom is -0.463 e. The summed E-state index contributed by atoms with van der Waals surface area (Å²) >= 11 is 0. The molecule has 1 saturated heterocycles. The van der Waals surface area contributed by atoms with Crippen molar-refractivity contribution in [3.63, 3.8) is 0 Å². The van der Waals surface area contributed by atoms with Crippen LogP contribution in [0.15, 0.2) is 6.07 Å². The van der Waals surface area contributed by atoms with Crippen molar-refractivity contribution in [2.45, 2.75) is 139 Å². The van der Waals surface area contributed by atoms with E-state index in [4.69, 9.17) is 20.2 Å². The Kier molecular flexibility index (Phi) is 19.0. The largest absolute Gasteiger partial charge is 0.463 e. The summed E-state index contributed by atoms with van der Waals surface area (Å²) in [6.45, 7) is 21.8. The van der Waals surface area contributed by atoms with E-state index in [-0.39, 0.29) is 35.5 Å². The predicted octanol–water partition coefficient (Wildman–Crippen LogP) is 11.3. The van der Waals surface area contributed by atoms with Crippen LogP contribution in [0.1, 0.15) is 136 Å². The first kappa shape index (κ1) is 47.8. The Bertz CT molecular complexity index is 1640. The average molecular weight is 783 g/mol. The number of fused-ring (bicyclic) bond motifs is 1. The topological polar surface area (TPSA) is 98.4 Å². The second-order valence-corrected chi connectivity index (χ2v) is 15.1. The molecule has 55 heavy (non-hydrogen) atoms. The lowest BCUT2D eigenvalue weighted by molar-refractivity contribution is -0.137. The number of benzene rings is 1. The summed E-state index contributed by atoms with van der Waals surface area (Å²) in [7, 11) is 3.63. The molecule has 312 valence electrons. The number of nitrogens with zero attached hydrogens (tertiary/aromatic N) is 4. The van der Waals surface area contributed by atoms with E-state index in [1.807, 2.05) is 32.7 Å². The lowest BCUT2D eigenvalue weighted by atomic mass is 9.83. The molecule has 0 amide bonds. The average Bonchev–Trinajstić information content (AvgIpc) is 3.89. The summed E-state index contributed by atoms with van der Waals surface area (Å²) in [6, 6.07) is 0.739. The van der Waals surface area contributed by atoms with E-state index >= 15 is 4.39 Å². The number of unbranched alkanes of at least 4 members (excludes halogenated alkanes) is 1. The van der Waals surface area contributed by atoms with Gasteiger partial charge in [-0.15, -0.1) is 0 Å². The van der Waals surface area contributed by atoms with Gasteiger partial charge in [0.2, 0.25) is 0 Å². The summed E-state index contributed by atoms with van der Waals surface area (Å²) in [5.41, 5.74) is 1.91. The first-order valence-electron chi connectivity index (χ1n) is 20.1. The fourth-order valence-electron chi connectivity index (χ4n) is 6.09. The van der Waals surface area contributed by atoms with Crippen molar-refractivity contribution in [2.24, 2.45) is 11.3 Å². The summed E-state index contributed by atoms with van der Waals surface area (Å²) in [4.78, 5) is 15.6. The van der Waals surface area contributed by atoms with Crippen molar-refractivity contribution in [1.29, 1.82) is 0 Å². The molecule has 0 spiro atoms. The van der Waals surface area contributed by atoms with E-state index < -0.39 is 45.9 Å². The van der Waals surface area contributed by atoms with Gasteiger partial charge in [-0.1, -0.05) is 81.1 Å². The Hall–Kier alpha value is -3.32. The molecule has 2 aliphatic rings. The van der Waals surface area contributed by atoms with Crippen LogP contribution in [-0.2, 0) is 10.9 Å². The molecule has 3 heterocycles. The van der Waals surface area contributed by atoms with Crippen molar-refractivity contribution in [3.8, 4) is 17.3 Å². The molecular weight excluding hydrogens is 715 g/mol. The van der Waals surface area contributed by atoms with Crippen LogP contribution >= 0.6 is 0 Å². The Morgan fingerprint density at radius 3 is 2.16 bits per heavy atom. The van der Waals surface area contributed by atoms with Gasteiger partial charge in [0.15, 0.2) is 5.82 Å². The Morgan fingerprint density at radius 1 is 1.05 bits per heavy atom. The molecule has 1 aliphatic carbocycles. The van der Waals surface area contributed by atoms with Crippen LogP contribution in [0, 0.1) is 29.9 Å². The highest BCUT2D eigenvalue weighted by Gasteiger charge is 2.41. The number of pyridine rings is 1.